The zero-order valence-corrected chi connectivity index (χ0v) is 14.8. The highest BCUT2D eigenvalue weighted by Gasteiger charge is 2.08. The summed E-state index contributed by atoms with van der Waals surface area (Å²) < 4.78 is 23.9. The van der Waals surface area contributed by atoms with Crippen LogP contribution in [0, 0.1) is 5.82 Å². The topological polar surface area (TPSA) is 51.4 Å². The highest BCUT2D eigenvalue weighted by atomic mass is 19.1. The summed E-state index contributed by atoms with van der Waals surface area (Å²) in [5, 5.41) is 4.02. The summed E-state index contributed by atoms with van der Waals surface area (Å²) >= 11 is 0. The summed E-state index contributed by atoms with van der Waals surface area (Å²) in [5.74, 6) is 1.54. The van der Waals surface area contributed by atoms with Crippen LogP contribution in [0.4, 0.5) is 4.39 Å². The van der Waals surface area contributed by atoms with Crippen LogP contribution < -0.4 is 4.74 Å². The molecule has 6 heteroatoms. The molecule has 0 saturated carbocycles. The Bertz CT molecular complexity index is 808. The van der Waals surface area contributed by atoms with Gasteiger partial charge in [0.15, 0.2) is 0 Å². The summed E-state index contributed by atoms with van der Waals surface area (Å²) in [7, 11) is 2.03. The van der Waals surface area contributed by atoms with Gasteiger partial charge in [-0.2, -0.15) is 4.98 Å². The zero-order valence-electron chi connectivity index (χ0n) is 14.8. The predicted molar refractivity (Wildman–Crippen MR) is 97.4 cm³/mol. The van der Waals surface area contributed by atoms with Crippen molar-refractivity contribution in [2.24, 2.45) is 0 Å². The second-order valence-corrected chi connectivity index (χ2v) is 6.09. The average molecular weight is 355 g/mol. The van der Waals surface area contributed by atoms with Gasteiger partial charge in [0.2, 0.25) is 11.7 Å². The number of benzene rings is 2. The summed E-state index contributed by atoms with van der Waals surface area (Å²) in [5.41, 5.74) is 0.953. The molecule has 0 saturated heterocycles. The Morgan fingerprint density at radius 2 is 1.92 bits per heavy atom. The van der Waals surface area contributed by atoms with Crippen molar-refractivity contribution in [3.8, 4) is 17.1 Å². The number of hydrogen-bond donors (Lipinski definition) is 0. The molecule has 0 aliphatic heterocycles. The quantitative estimate of drug-likeness (QED) is 0.584. The van der Waals surface area contributed by atoms with Gasteiger partial charge in [0.1, 0.15) is 18.2 Å². The van der Waals surface area contributed by atoms with Crippen molar-refractivity contribution >= 4 is 0 Å². The van der Waals surface area contributed by atoms with Crippen molar-refractivity contribution in [1.29, 1.82) is 0 Å². The normalized spacial score (nSPS) is 11.0. The smallest absolute Gasteiger partial charge is 0.227 e. The van der Waals surface area contributed by atoms with E-state index in [1.165, 1.54) is 12.1 Å². The SMILES string of the molecule is CN(CCCc1nc(-c2ccccc2)no1)CCOc1cccc(F)c1. The van der Waals surface area contributed by atoms with Crippen LogP contribution >= 0.6 is 0 Å². The van der Waals surface area contributed by atoms with Crippen LogP contribution in [-0.4, -0.2) is 41.8 Å². The van der Waals surface area contributed by atoms with Crippen molar-refractivity contribution in [3.63, 3.8) is 0 Å². The molecule has 5 nitrogen and oxygen atoms in total. The molecule has 1 heterocycles. The van der Waals surface area contributed by atoms with Crippen LogP contribution in [-0.2, 0) is 6.42 Å². The molecule has 0 atom stereocenters. The lowest BCUT2D eigenvalue weighted by molar-refractivity contribution is 0.233. The van der Waals surface area contributed by atoms with E-state index in [4.69, 9.17) is 9.26 Å². The number of ether oxygens (including phenoxy) is 1. The van der Waals surface area contributed by atoms with Crippen LogP contribution in [0.15, 0.2) is 59.1 Å². The molecule has 0 bridgehead atoms. The molecule has 0 radical (unpaired) electrons. The van der Waals surface area contributed by atoms with E-state index in [1.54, 1.807) is 12.1 Å². The maximum absolute atomic E-state index is 13.1. The minimum absolute atomic E-state index is 0.287. The second-order valence-electron chi connectivity index (χ2n) is 6.09. The first kappa shape index (κ1) is 18.1. The minimum atomic E-state index is -0.287. The molecular weight excluding hydrogens is 333 g/mol. The maximum Gasteiger partial charge on any atom is 0.227 e. The first-order chi connectivity index (χ1) is 12.7. The van der Waals surface area contributed by atoms with Crippen LogP contribution in [0.5, 0.6) is 5.75 Å². The molecule has 2 aromatic carbocycles. The summed E-state index contributed by atoms with van der Waals surface area (Å²) in [4.78, 5) is 6.59. The van der Waals surface area contributed by atoms with Gasteiger partial charge in [-0.3, -0.25) is 0 Å². The van der Waals surface area contributed by atoms with Gasteiger partial charge >= 0.3 is 0 Å². The second kappa shape index (κ2) is 9.10. The van der Waals surface area contributed by atoms with Crippen molar-refractivity contribution in [2.45, 2.75) is 12.8 Å². The molecule has 0 aliphatic carbocycles. The Kier molecular flexibility index (Phi) is 6.33. The monoisotopic (exact) mass is 355 g/mol. The van der Waals surface area contributed by atoms with Crippen molar-refractivity contribution in [1.82, 2.24) is 15.0 Å². The largest absolute Gasteiger partial charge is 0.492 e. The van der Waals surface area contributed by atoms with Crippen LogP contribution in [0.2, 0.25) is 0 Å². The lowest BCUT2D eigenvalue weighted by atomic mass is 10.2. The van der Waals surface area contributed by atoms with Crippen LogP contribution in [0.25, 0.3) is 11.4 Å². The van der Waals surface area contributed by atoms with E-state index in [9.17, 15) is 4.39 Å². The van der Waals surface area contributed by atoms with Gasteiger partial charge in [0, 0.05) is 24.6 Å². The van der Waals surface area contributed by atoms with E-state index in [-0.39, 0.29) is 5.82 Å². The third kappa shape index (κ3) is 5.39. The Morgan fingerprint density at radius 1 is 1.08 bits per heavy atom. The van der Waals surface area contributed by atoms with Gasteiger partial charge in [0.05, 0.1) is 0 Å². The maximum atomic E-state index is 13.1. The number of aryl methyl sites for hydroxylation is 1. The van der Waals surface area contributed by atoms with Crippen molar-refractivity contribution in [2.75, 3.05) is 26.7 Å². The molecule has 3 rings (SSSR count). The molecule has 26 heavy (non-hydrogen) atoms. The first-order valence-corrected chi connectivity index (χ1v) is 8.65. The first-order valence-electron chi connectivity index (χ1n) is 8.65. The molecule has 0 unspecified atom stereocenters. The molecule has 0 amide bonds. The number of nitrogens with zero attached hydrogens (tertiary/aromatic N) is 3. The van der Waals surface area contributed by atoms with E-state index >= 15 is 0 Å². The van der Waals surface area contributed by atoms with E-state index in [1.807, 2.05) is 37.4 Å². The van der Waals surface area contributed by atoms with Crippen LogP contribution in [0.3, 0.4) is 0 Å². The number of hydrogen-bond acceptors (Lipinski definition) is 5. The molecule has 136 valence electrons. The van der Waals surface area contributed by atoms with Gasteiger partial charge in [-0.15, -0.1) is 0 Å². The Morgan fingerprint density at radius 3 is 2.73 bits per heavy atom. The van der Waals surface area contributed by atoms with E-state index < -0.39 is 0 Å². The molecule has 0 N–H and O–H groups in total. The van der Waals surface area contributed by atoms with Gasteiger partial charge in [-0.05, 0) is 32.1 Å². The lowest BCUT2D eigenvalue weighted by Gasteiger charge is -2.16. The van der Waals surface area contributed by atoms with Gasteiger partial charge in [0.25, 0.3) is 0 Å². The zero-order chi connectivity index (χ0) is 18.2. The lowest BCUT2D eigenvalue weighted by Crippen LogP contribution is -2.25. The number of aromatic nitrogens is 2. The standard InChI is InChI=1S/C20H22FN3O2/c1-24(13-14-25-18-10-5-9-17(21)15-18)12-6-11-19-22-20(23-26-19)16-7-3-2-4-8-16/h2-5,7-10,15H,6,11-14H2,1H3. The number of rotatable bonds is 9. The third-order valence-electron chi connectivity index (χ3n) is 3.97. The fraction of sp³-hybridized carbons (Fsp3) is 0.300. The number of likely N-dealkylation sites (N-methyl/N-ethyl adjacent to an activating group) is 1. The third-order valence-corrected chi connectivity index (χ3v) is 3.97. The molecule has 0 fully saturated rings. The Labute approximate surface area is 152 Å². The van der Waals surface area contributed by atoms with E-state index in [0.29, 0.717) is 24.1 Å². The van der Waals surface area contributed by atoms with Gasteiger partial charge in [-0.1, -0.05) is 41.6 Å². The Balaban J connectivity index is 1.36. The highest BCUT2D eigenvalue weighted by Crippen LogP contribution is 2.15. The predicted octanol–water partition coefficient (Wildman–Crippen LogP) is 3.82. The fourth-order valence-corrected chi connectivity index (χ4v) is 2.55. The van der Waals surface area contributed by atoms with E-state index in [2.05, 4.69) is 15.0 Å². The van der Waals surface area contributed by atoms with Gasteiger partial charge < -0.3 is 14.2 Å². The van der Waals surface area contributed by atoms with Gasteiger partial charge in [-0.25, -0.2) is 4.39 Å². The molecular formula is C20H22FN3O2. The fourth-order valence-electron chi connectivity index (χ4n) is 2.55. The van der Waals surface area contributed by atoms with E-state index in [0.717, 1.165) is 31.5 Å². The summed E-state index contributed by atoms with van der Waals surface area (Å²) in [6.45, 7) is 2.16. The molecule has 0 spiro atoms. The van der Waals surface area contributed by atoms with Crippen molar-refractivity contribution in [3.05, 3.63) is 66.3 Å². The summed E-state index contributed by atoms with van der Waals surface area (Å²) in [6.07, 6.45) is 1.64. The Hall–Kier alpha value is -2.73. The molecule has 0 aliphatic rings. The van der Waals surface area contributed by atoms with Crippen molar-refractivity contribution < 1.29 is 13.7 Å². The van der Waals surface area contributed by atoms with Crippen LogP contribution in [0.1, 0.15) is 12.3 Å². The molecule has 3 aromatic rings. The summed E-state index contributed by atoms with van der Waals surface area (Å²) in [6, 6.07) is 16.0. The minimum Gasteiger partial charge on any atom is -0.492 e. The average Bonchev–Trinajstić information content (AvgIpc) is 3.11. The highest BCUT2D eigenvalue weighted by molar-refractivity contribution is 5.53. The number of halogens is 1. The molecule has 1 aromatic heterocycles.